The molecule has 1 aromatic carbocycles. The van der Waals surface area contributed by atoms with Crippen LogP contribution in [0.4, 0.5) is 0 Å². The quantitative estimate of drug-likeness (QED) is 0.834. The van der Waals surface area contributed by atoms with Crippen LogP contribution in [0.5, 0.6) is 0 Å². The van der Waals surface area contributed by atoms with Crippen LogP contribution in [0.3, 0.4) is 0 Å². The third-order valence-electron chi connectivity index (χ3n) is 3.11. The molecular weight excluding hydrogens is 284 g/mol. The summed E-state index contributed by atoms with van der Waals surface area (Å²) in [5, 5.41) is 10.00. The number of rotatable bonds is 5. The lowest BCUT2D eigenvalue weighted by Crippen LogP contribution is -2.29. The number of nitrogens with zero attached hydrogens (tertiary/aromatic N) is 2. The molecule has 0 bridgehead atoms. The van der Waals surface area contributed by atoms with E-state index >= 15 is 0 Å². The van der Waals surface area contributed by atoms with Gasteiger partial charge in [-0.05, 0) is 37.2 Å². The van der Waals surface area contributed by atoms with Crippen molar-refractivity contribution in [1.82, 2.24) is 20.1 Å². The third-order valence-corrected chi connectivity index (χ3v) is 3.42. The van der Waals surface area contributed by atoms with E-state index in [0.717, 1.165) is 12.4 Å². The maximum absolute atomic E-state index is 12.2. The topological polar surface area (TPSA) is 62.7 Å². The molecular formula is C15H20N4OS. The highest BCUT2D eigenvalue weighted by Gasteiger charge is 2.17. The molecule has 2 rings (SSSR count). The fourth-order valence-electron chi connectivity index (χ4n) is 2.14. The molecule has 0 radical (unpaired) electrons. The summed E-state index contributed by atoms with van der Waals surface area (Å²) in [7, 11) is 0. The number of carbonyl (C=O) groups is 1. The second kappa shape index (κ2) is 6.67. The zero-order valence-corrected chi connectivity index (χ0v) is 13.3. The fourth-order valence-corrected chi connectivity index (χ4v) is 2.35. The van der Waals surface area contributed by atoms with E-state index in [1.54, 1.807) is 12.1 Å². The van der Waals surface area contributed by atoms with E-state index < -0.39 is 0 Å². The zero-order chi connectivity index (χ0) is 15.4. The molecule has 2 N–H and O–H groups in total. The van der Waals surface area contributed by atoms with Gasteiger partial charge in [-0.25, -0.2) is 0 Å². The molecule has 5 nitrogen and oxygen atoms in total. The van der Waals surface area contributed by atoms with Crippen molar-refractivity contribution in [3.05, 3.63) is 46.5 Å². The van der Waals surface area contributed by atoms with Crippen LogP contribution < -0.4 is 5.32 Å². The van der Waals surface area contributed by atoms with Crippen molar-refractivity contribution in [1.29, 1.82) is 0 Å². The number of amides is 1. The first kappa shape index (κ1) is 15.4. The first-order chi connectivity index (χ1) is 9.99. The van der Waals surface area contributed by atoms with Gasteiger partial charge in [0.15, 0.2) is 10.6 Å². The van der Waals surface area contributed by atoms with E-state index in [2.05, 4.69) is 29.4 Å². The second-order valence-corrected chi connectivity index (χ2v) is 5.84. The molecule has 21 heavy (non-hydrogen) atoms. The van der Waals surface area contributed by atoms with Crippen molar-refractivity contribution in [3.8, 4) is 0 Å². The number of H-pyrrole nitrogens is 1. The van der Waals surface area contributed by atoms with E-state index in [-0.39, 0.29) is 11.9 Å². The van der Waals surface area contributed by atoms with Gasteiger partial charge < -0.3 is 9.88 Å². The molecule has 0 aliphatic rings. The van der Waals surface area contributed by atoms with Gasteiger partial charge in [-0.2, -0.15) is 5.10 Å². The molecule has 2 aromatic rings. The molecule has 0 saturated carbocycles. The lowest BCUT2D eigenvalue weighted by atomic mass is 10.2. The normalized spacial score (nSPS) is 12.4. The zero-order valence-electron chi connectivity index (χ0n) is 12.5. The SMILES string of the molecule is CC(C)Cn1c([C@@H](C)NC(=O)c2ccccc2)n[nH]c1=S. The van der Waals surface area contributed by atoms with E-state index in [1.165, 1.54) is 0 Å². The van der Waals surface area contributed by atoms with Crippen molar-refractivity contribution in [2.45, 2.75) is 33.4 Å². The first-order valence-corrected chi connectivity index (χ1v) is 7.41. The summed E-state index contributed by atoms with van der Waals surface area (Å²) in [5.41, 5.74) is 0.633. The van der Waals surface area contributed by atoms with E-state index in [0.29, 0.717) is 16.3 Å². The predicted octanol–water partition coefficient (Wildman–Crippen LogP) is 3.09. The predicted molar refractivity (Wildman–Crippen MR) is 84.6 cm³/mol. The highest BCUT2D eigenvalue weighted by atomic mass is 32.1. The molecule has 0 aliphatic carbocycles. The molecule has 0 fully saturated rings. The number of aromatic nitrogens is 3. The Morgan fingerprint density at radius 1 is 1.33 bits per heavy atom. The van der Waals surface area contributed by atoms with Gasteiger partial charge >= 0.3 is 0 Å². The van der Waals surface area contributed by atoms with E-state index in [1.807, 2.05) is 29.7 Å². The maximum Gasteiger partial charge on any atom is 0.251 e. The summed E-state index contributed by atoms with van der Waals surface area (Å²) < 4.78 is 2.52. The van der Waals surface area contributed by atoms with E-state index in [9.17, 15) is 4.79 Å². The van der Waals surface area contributed by atoms with Crippen molar-refractivity contribution < 1.29 is 4.79 Å². The Hall–Kier alpha value is -1.95. The third kappa shape index (κ3) is 3.78. The Balaban J connectivity index is 2.16. The van der Waals surface area contributed by atoms with Gasteiger partial charge in [0.05, 0.1) is 6.04 Å². The molecule has 1 amide bonds. The molecule has 0 aliphatic heterocycles. The molecule has 112 valence electrons. The average molecular weight is 304 g/mol. The van der Waals surface area contributed by atoms with E-state index in [4.69, 9.17) is 12.2 Å². The lowest BCUT2D eigenvalue weighted by molar-refractivity contribution is 0.0937. The van der Waals surface area contributed by atoms with Gasteiger partial charge in [-0.3, -0.25) is 9.89 Å². The molecule has 1 atom stereocenters. The van der Waals surface area contributed by atoms with Crippen LogP contribution in [-0.2, 0) is 6.54 Å². The van der Waals surface area contributed by atoms with Gasteiger partial charge in [-0.1, -0.05) is 32.0 Å². The minimum Gasteiger partial charge on any atom is -0.342 e. The van der Waals surface area contributed by atoms with Crippen LogP contribution in [0.1, 0.15) is 43.0 Å². The van der Waals surface area contributed by atoms with Crippen LogP contribution >= 0.6 is 12.2 Å². The Labute approximate surface area is 129 Å². The molecule has 1 heterocycles. The lowest BCUT2D eigenvalue weighted by Gasteiger charge is -2.16. The summed E-state index contributed by atoms with van der Waals surface area (Å²) >= 11 is 5.25. The number of nitrogens with one attached hydrogen (secondary N) is 2. The van der Waals surface area contributed by atoms with Crippen molar-refractivity contribution in [2.75, 3.05) is 0 Å². The van der Waals surface area contributed by atoms with Crippen LogP contribution in [0.25, 0.3) is 0 Å². The molecule has 0 saturated heterocycles. The molecule has 0 spiro atoms. The van der Waals surface area contributed by atoms with Gasteiger partial charge in [0.25, 0.3) is 5.91 Å². The summed E-state index contributed by atoms with van der Waals surface area (Å²) in [4.78, 5) is 12.2. The summed E-state index contributed by atoms with van der Waals surface area (Å²) in [6.07, 6.45) is 0. The smallest absolute Gasteiger partial charge is 0.251 e. The van der Waals surface area contributed by atoms with Gasteiger partial charge in [0.1, 0.15) is 0 Å². The van der Waals surface area contributed by atoms with Crippen LogP contribution in [0, 0.1) is 10.7 Å². The highest BCUT2D eigenvalue weighted by Crippen LogP contribution is 2.13. The van der Waals surface area contributed by atoms with Gasteiger partial charge in [0, 0.05) is 12.1 Å². The van der Waals surface area contributed by atoms with Gasteiger partial charge in [-0.15, -0.1) is 0 Å². The standard InChI is InChI=1S/C15H20N4OS/c1-10(2)9-19-13(17-18-15(19)21)11(3)16-14(20)12-7-5-4-6-8-12/h4-8,10-11H,9H2,1-3H3,(H,16,20)(H,18,21)/t11-/m1/s1. The monoisotopic (exact) mass is 304 g/mol. The van der Waals surface area contributed by atoms with Crippen molar-refractivity contribution in [3.63, 3.8) is 0 Å². The maximum atomic E-state index is 12.2. The summed E-state index contributed by atoms with van der Waals surface area (Å²) in [6.45, 7) is 6.91. The number of hydrogen-bond donors (Lipinski definition) is 2. The average Bonchev–Trinajstić information content (AvgIpc) is 2.80. The first-order valence-electron chi connectivity index (χ1n) is 7.00. The molecule has 6 heteroatoms. The number of aromatic amines is 1. The Morgan fingerprint density at radius 3 is 2.62 bits per heavy atom. The minimum atomic E-state index is -0.218. The highest BCUT2D eigenvalue weighted by molar-refractivity contribution is 7.71. The summed E-state index contributed by atoms with van der Waals surface area (Å²) in [6, 6.07) is 8.92. The van der Waals surface area contributed by atoms with Crippen molar-refractivity contribution in [2.24, 2.45) is 5.92 Å². The van der Waals surface area contributed by atoms with Crippen LogP contribution in [-0.4, -0.2) is 20.7 Å². The largest absolute Gasteiger partial charge is 0.342 e. The summed E-state index contributed by atoms with van der Waals surface area (Å²) in [5.74, 6) is 1.08. The molecule has 1 aromatic heterocycles. The molecule has 0 unspecified atom stereocenters. The number of benzene rings is 1. The Morgan fingerprint density at radius 2 is 2.00 bits per heavy atom. The fraction of sp³-hybridized carbons (Fsp3) is 0.400. The minimum absolute atomic E-state index is 0.117. The Kier molecular flexibility index (Phi) is 4.90. The van der Waals surface area contributed by atoms with Crippen LogP contribution in [0.15, 0.2) is 30.3 Å². The number of hydrogen-bond acceptors (Lipinski definition) is 3. The van der Waals surface area contributed by atoms with Crippen molar-refractivity contribution >= 4 is 18.1 Å². The number of carbonyl (C=O) groups excluding carboxylic acids is 1. The van der Waals surface area contributed by atoms with Gasteiger partial charge in [0.2, 0.25) is 0 Å². The second-order valence-electron chi connectivity index (χ2n) is 5.45. The van der Waals surface area contributed by atoms with Crippen LogP contribution in [0.2, 0.25) is 0 Å². The Bertz CT molecular complexity index is 660.